The monoisotopic (exact) mass is 550 g/mol. The number of amides is 1. The van der Waals surface area contributed by atoms with Gasteiger partial charge in [-0.2, -0.15) is 0 Å². The second-order valence-corrected chi connectivity index (χ2v) is 8.17. The molecule has 0 aliphatic carbocycles. The fraction of sp³-hybridized carbons (Fsp3) is 0.440. The van der Waals surface area contributed by atoms with E-state index < -0.39 is 0 Å². The number of hydrogen-bond acceptors (Lipinski definition) is 3. The fourth-order valence-corrected chi connectivity index (χ4v) is 3.68. The molecule has 3 rings (SSSR count). The maximum absolute atomic E-state index is 12.0. The Hall–Kier alpha value is -2.13. The molecule has 1 heterocycles. The molecule has 0 bridgehead atoms. The van der Waals surface area contributed by atoms with Gasteiger partial charge in [0.15, 0.2) is 5.96 Å². The van der Waals surface area contributed by atoms with Gasteiger partial charge in [0, 0.05) is 45.2 Å². The molecular weight excluding hydrogens is 515 g/mol. The summed E-state index contributed by atoms with van der Waals surface area (Å²) in [6.45, 7) is 6.89. The lowest BCUT2D eigenvalue weighted by atomic mass is 10.1. The summed E-state index contributed by atoms with van der Waals surface area (Å²) in [7, 11) is 3.53. The van der Waals surface area contributed by atoms with Crippen molar-refractivity contribution in [3.63, 3.8) is 0 Å². The quantitative estimate of drug-likeness (QED) is 0.307. The summed E-state index contributed by atoms with van der Waals surface area (Å²) in [5.41, 5.74) is 3.00. The van der Waals surface area contributed by atoms with Crippen LogP contribution in [0.15, 0.2) is 59.6 Å². The number of aliphatic imine (C=N–C) groups is 1. The van der Waals surface area contributed by atoms with Crippen molar-refractivity contribution in [1.82, 2.24) is 15.1 Å². The fourth-order valence-electron chi connectivity index (χ4n) is 3.68. The normalized spacial score (nSPS) is 15.9. The third-order valence-corrected chi connectivity index (χ3v) is 5.40. The number of carbonyl (C=O) groups excluding carboxylic acids is 1. The Bertz CT molecular complexity index is 856. The number of guanidine groups is 1. The van der Waals surface area contributed by atoms with E-state index in [2.05, 4.69) is 29.3 Å². The standard InChI is InChI=1S/C25H34N4O2.HI/c1-4-26-25(27-16-20-10-12-23(13-11-20)24(30)28(2)3)29-15-14-22(17-29)19-31-18-21-8-6-5-7-9-21;/h5-13,22H,4,14-19H2,1-3H3,(H,26,27);1H. The molecule has 1 atom stereocenters. The van der Waals surface area contributed by atoms with Crippen LogP contribution in [0.1, 0.15) is 34.8 Å². The smallest absolute Gasteiger partial charge is 0.253 e. The molecule has 0 radical (unpaired) electrons. The van der Waals surface area contributed by atoms with E-state index in [0.717, 1.165) is 44.2 Å². The predicted molar refractivity (Wildman–Crippen MR) is 140 cm³/mol. The van der Waals surface area contributed by atoms with Gasteiger partial charge in [-0.05, 0) is 36.6 Å². The second-order valence-electron chi connectivity index (χ2n) is 8.17. The Morgan fingerprint density at radius 2 is 1.84 bits per heavy atom. The summed E-state index contributed by atoms with van der Waals surface area (Å²) in [6.07, 6.45) is 1.11. The zero-order valence-corrected chi connectivity index (χ0v) is 21.6. The summed E-state index contributed by atoms with van der Waals surface area (Å²) < 4.78 is 5.95. The van der Waals surface area contributed by atoms with E-state index in [1.807, 2.05) is 42.5 Å². The molecular formula is C25H35IN4O2. The van der Waals surface area contributed by atoms with E-state index in [1.54, 1.807) is 19.0 Å². The second kappa shape index (κ2) is 13.4. The van der Waals surface area contributed by atoms with Crippen LogP contribution in [0.4, 0.5) is 0 Å². The van der Waals surface area contributed by atoms with Crippen LogP contribution in [0.2, 0.25) is 0 Å². The molecule has 174 valence electrons. The molecule has 0 spiro atoms. The number of hydrogen-bond donors (Lipinski definition) is 1. The topological polar surface area (TPSA) is 57.2 Å². The highest BCUT2D eigenvalue weighted by Gasteiger charge is 2.25. The average molecular weight is 550 g/mol. The molecule has 0 saturated carbocycles. The Morgan fingerprint density at radius 1 is 1.12 bits per heavy atom. The van der Waals surface area contributed by atoms with Gasteiger partial charge in [0.2, 0.25) is 0 Å². The molecule has 1 amide bonds. The lowest BCUT2D eigenvalue weighted by Gasteiger charge is -2.21. The number of rotatable bonds is 8. The molecule has 1 aliphatic heterocycles. The molecule has 1 unspecified atom stereocenters. The first-order chi connectivity index (χ1) is 15.1. The van der Waals surface area contributed by atoms with E-state index >= 15 is 0 Å². The highest BCUT2D eigenvalue weighted by atomic mass is 127. The van der Waals surface area contributed by atoms with Gasteiger partial charge in [0.25, 0.3) is 5.91 Å². The summed E-state index contributed by atoms with van der Waals surface area (Å²) in [4.78, 5) is 20.8. The number of likely N-dealkylation sites (tertiary alicyclic amines) is 1. The number of nitrogens with zero attached hydrogens (tertiary/aromatic N) is 3. The van der Waals surface area contributed by atoms with Gasteiger partial charge < -0.3 is 19.9 Å². The van der Waals surface area contributed by atoms with E-state index in [0.29, 0.717) is 24.6 Å². The minimum Gasteiger partial charge on any atom is -0.376 e. The van der Waals surface area contributed by atoms with Crippen LogP contribution in [-0.2, 0) is 17.9 Å². The van der Waals surface area contributed by atoms with Gasteiger partial charge in [-0.15, -0.1) is 24.0 Å². The number of halogens is 1. The molecule has 1 aliphatic rings. The number of benzene rings is 2. The number of carbonyl (C=O) groups is 1. The van der Waals surface area contributed by atoms with Crippen molar-refractivity contribution in [3.8, 4) is 0 Å². The first kappa shape index (κ1) is 26.1. The van der Waals surface area contributed by atoms with Crippen molar-refractivity contribution < 1.29 is 9.53 Å². The zero-order valence-electron chi connectivity index (χ0n) is 19.3. The van der Waals surface area contributed by atoms with Crippen LogP contribution >= 0.6 is 24.0 Å². The largest absolute Gasteiger partial charge is 0.376 e. The highest BCUT2D eigenvalue weighted by molar-refractivity contribution is 14.0. The molecule has 1 fully saturated rings. The SMILES string of the molecule is CCNC(=NCc1ccc(C(=O)N(C)C)cc1)N1CCC(COCc2ccccc2)C1.I. The van der Waals surface area contributed by atoms with Gasteiger partial charge in [0.05, 0.1) is 19.8 Å². The van der Waals surface area contributed by atoms with Crippen LogP contribution in [0, 0.1) is 5.92 Å². The Labute approximate surface area is 209 Å². The van der Waals surface area contributed by atoms with Gasteiger partial charge in [-0.3, -0.25) is 4.79 Å². The van der Waals surface area contributed by atoms with E-state index in [1.165, 1.54) is 5.56 Å². The Balaban J connectivity index is 0.00000363. The molecule has 1 N–H and O–H groups in total. The molecule has 2 aromatic carbocycles. The molecule has 32 heavy (non-hydrogen) atoms. The zero-order chi connectivity index (χ0) is 22.1. The number of ether oxygens (including phenoxy) is 1. The molecule has 2 aromatic rings. The van der Waals surface area contributed by atoms with Crippen LogP contribution in [0.25, 0.3) is 0 Å². The molecule has 6 nitrogen and oxygen atoms in total. The minimum atomic E-state index is 0. The van der Waals surface area contributed by atoms with Crippen molar-refractivity contribution in [1.29, 1.82) is 0 Å². The van der Waals surface area contributed by atoms with Crippen molar-refractivity contribution in [2.75, 3.05) is 40.3 Å². The average Bonchev–Trinajstić information content (AvgIpc) is 3.26. The van der Waals surface area contributed by atoms with Crippen LogP contribution in [0.3, 0.4) is 0 Å². The summed E-state index contributed by atoms with van der Waals surface area (Å²) in [5.74, 6) is 1.48. The summed E-state index contributed by atoms with van der Waals surface area (Å²) in [6, 6.07) is 18.0. The molecule has 0 aromatic heterocycles. The summed E-state index contributed by atoms with van der Waals surface area (Å²) >= 11 is 0. The van der Waals surface area contributed by atoms with Crippen LogP contribution < -0.4 is 5.32 Å². The van der Waals surface area contributed by atoms with Gasteiger partial charge in [-0.1, -0.05) is 42.5 Å². The van der Waals surface area contributed by atoms with Crippen LogP contribution in [0.5, 0.6) is 0 Å². The summed E-state index contributed by atoms with van der Waals surface area (Å²) in [5, 5.41) is 3.42. The van der Waals surface area contributed by atoms with E-state index in [9.17, 15) is 4.79 Å². The minimum absolute atomic E-state index is 0. The first-order valence-electron chi connectivity index (χ1n) is 11.0. The lowest BCUT2D eigenvalue weighted by Crippen LogP contribution is -2.40. The van der Waals surface area contributed by atoms with E-state index in [-0.39, 0.29) is 29.9 Å². The Morgan fingerprint density at radius 3 is 2.50 bits per heavy atom. The highest BCUT2D eigenvalue weighted by Crippen LogP contribution is 2.18. The molecule has 1 saturated heterocycles. The molecule has 7 heteroatoms. The Kier molecular flexibility index (Phi) is 11.0. The van der Waals surface area contributed by atoms with Crippen LogP contribution in [-0.4, -0.2) is 62.0 Å². The van der Waals surface area contributed by atoms with Gasteiger partial charge in [0.1, 0.15) is 0 Å². The van der Waals surface area contributed by atoms with Gasteiger partial charge >= 0.3 is 0 Å². The van der Waals surface area contributed by atoms with Crippen molar-refractivity contribution in [2.45, 2.75) is 26.5 Å². The van der Waals surface area contributed by atoms with Gasteiger partial charge in [-0.25, -0.2) is 4.99 Å². The maximum Gasteiger partial charge on any atom is 0.253 e. The van der Waals surface area contributed by atoms with Crippen molar-refractivity contribution in [2.24, 2.45) is 10.9 Å². The predicted octanol–water partition coefficient (Wildman–Crippen LogP) is 4.01. The maximum atomic E-state index is 12.0. The first-order valence-corrected chi connectivity index (χ1v) is 11.0. The lowest BCUT2D eigenvalue weighted by molar-refractivity contribution is 0.0827. The van der Waals surface area contributed by atoms with Crippen molar-refractivity contribution >= 4 is 35.8 Å². The third-order valence-electron chi connectivity index (χ3n) is 5.40. The van der Waals surface area contributed by atoms with E-state index in [4.69, 9.17) is 9.73 Å². The third kappa shape index (κ3) is 7.78. The number of nitrogens with one attached hydrogen (secondary N) is 1. The van der Waals surface area contributed by atoms with Crippen molar-refractivity contribution in [3.05, 3.63) is 71.3 Å².